The maximum absolute atomic E-state index is 12.0. The molecule has 0 aliphatic rings. The van der Waals surface area contributed by atoms with Gasteiger partial charge in [0.2, 0.25) is 0 Å². The zero-order valence-electron chi connectivity index (χ0n) is 11.9. The molecule has 0 saturated heterocycles. The second-order valence-corrected chi connectivity index (χ2v) is 5.02. The molecule has 19 heavy (non-hydrogen) atoms. The van der Waals surface area contributed by atoms with E-state index >= 15 is 0 Å². The van der Waals surface area contributed by atoms with E-state index in [1.807, 2.05) is 26.8 Å². The molecule has 0 atom stereocenters. The summed E-state index contributed by atoms with van der Waals surface area (Å²) in [5.74, 6) is 0.348. The quantitative estimate of drug-likeness (QED) is 0.817. The van der Waals surface area contributed by atoms with E-state index in [0.717, 1.165) is 6.42 Å². The van der Waals surface area contributed by atoms with Crippen molar-refractivity contribution in [1.29, 1.82) is 5.26 Å². The normalized spacial score (nSPS) is 10.7. The molecule has 0 aliphatic carbocycles. The lowest BCUT2D eigenvalue weighted by Crippen LogP contribution is -2.46. The smallest absolute Gasteiger partial charge is 0.260 e. The Kier molecular flexibility index (Phi) is 4.94. The van der Waals surface area contributed by atoms with Gasteiger partial charge >= 0.3 is 0 Å². The van der Waals surface area contributed by atoms with Gasteiger partial charge in [0.1, 0.15) is 11.8 Å². The molecule has 0 spiro atoms. The van der Waals surface area contributed by atoms with Crippen molar-refractivity contribution >= 4 is 5.91 Å². The Balaban J connectivity index is 2.67. The van der Waals surface area contributed by atoms with Crippen molar-refractivity contribution < 1.29 is 9.53 Å². The van der Waals surface area contributed by atoms with Gasteiger partial charge in [-0.05, 0) is 32.4 Å². The molecule has 1 aromatic rings. The Hall–Kier alpha value is -2.02. The summed E-state index contributed by atoms with van der Waals surface area (Å²) in [6.07, 6.45) is 0.865. The number of nitrogens with zero attached hydrogens (tertiary/aromatic N) is 2. The Bertz CT molecular complexity index is 489. The summed E-state index contributed by atoms with van der Waals surface area (Å²) in [6, 6.07) is 8.94. The minimum absolute atomic E-state index is 0.0569. The number of amides is 1. The molecular formula is C15H20N2O2. The number of rotatable bonds is 5. The number of hydrogen-bond acceptors (Lipinski definition) is 3. The first-order valence-electron chi connectivity index (χ1n) is 6.31. The Morgan fingerprint density at radius 1 is 1.42 bits per heavy atom. The van der Waals surface area contributed by atoms with Crippen molar-refractivity contribution in [2.24, 2.45) is 0 Å². The SMILES string of the molecule is CCC(C)(C)N(C)C(=O)COc1ccccc1C#N. The molecule has 0 unspecified atom stereocenters. The van der Waals surface area contributed by atoms with Crippen LogP contribution in [0.1, 0.15) is 32.8 Å². The molecule has 0 bridgehead atoms. The Morgan fingerprint density at radius 2 is 2.05 bits per heavy atom. The highest BCUT2D eigenvalue weighted by Gasteiger charge is 2.25. The van der Waals surface area contributed by atoms with Gasteiger partial charge < -0.3 is 9.64 Å². The van der Waals surface area contributed by atoms with Gasteiger partial charge in [0.05, 0.1) is 5.56 Å². The van der Waals surface area contributed by atoms with Crippen LogP contribution in [0.5, 0.6) is 5.75 Å². The van der Waals surface area contributed by atoms with E-state index in [9.17, 15) is 4.79 Å². The van der Waals surface area contributed by atoms with Crippen LogP contribution in [0.15, 0.2) is 24.3 Å². The van der Waals surface area contributed by atoms with Crippen LogP contribution < -0.4 is 4.74 Å². The van der Waals surface area contributed by atoms with Gasteiger partial charge in [0, 0.05) is 12.6 Å². The third kappa shape index (κ3) is 3.72. The van der Waals surface area contributed by atoms with Gasteiger partial charge in [0.25, 0.3) is 5.91 Å². The molecule has 0 aromatic heterocycles. The molecule has 0 N–H and O–H groups in total. The number of likely N-dealkylation sites (N-methyl/N-ethyl adjacent to an activating group) is 1. The largest absolute Gasteiger partial charge is 0.482 e. The van der Waals surface area contributed by atoms with E-state index in [4.69, 9.17) is 10.00 Å². The van der Waals surface area contributed by atoms with Crippen LogP contribution in [0.25, 0.3) is 0 Å². The lowest BCUT2D eigenvalue weighted by Gasteiger charge is -2.34. The molecule has 1 rings (SSSR count). The average Bonchev–Trinajstić information content (AvgIpc) is 2.44. The summed E-state index contributed by atoms with van der Waals surface area (Å²) in [6.45, 7) is 6.00. The molecule has 4 heteroatoms. The lowest BCUT2D eigenvalue weighted by atomic mass is 10.00. The predicted molar refractivity (Wildman–Crippen MR) is 73.8 cm³/mol. The maximum Gasteiger partial charge on any atom is 0.260 e. The molecule has 4 nitrogen and oxygen atoms in total. The summed E-state index contributed by atoms with van der Waals surface area (Å²) >= 11 is 0. The van der Waals surface area contributed by atoms with Crippen molar-refractivity contribution in [2.75, 3.05) is 13.7 Å². The van der Waals surface area contributed by atoms with Crippen LogP contribution in [-0.2, 0) is 4.79 Å². The summed E-state index contributed by atoms with van der Waals surface area (Å²) in [4.78, 5) is 13.7. The first-order chi connectivity index (χ1) is 8.92. The van der Waals surface area contributed by atoms with Crippen LogP contribution in [0.4, 0.5) is 0 Å². The van der Waals surface area contributed by atoms with Gasteiger partial charge in [-0.1, -0.05) is 19.1 Å². The highest BCUT2D eigenvalue weighted by molar-refractivity contribution is 5.78. The van der Waals surface area contributed by atoms with E-state index < -0.39 is 0 Å². The molecule has 1 aromatic carbocycles. The zero-order chi connectivity index (χ0) is 14.5. The number of carbonyl (C=O) groups is 1. The minimum Gasteiger partial charge on any atom is -0.482 e. The molecule has 0 saturated carbocycles. The van der Waals surface area contributed by atoms with Crippen LogP contribution in [-0.4, -0.2) is 30.0 Å². The van der Waals surface area contributed by atoms with Crippen molar-refractivity contribution in [1.82, 2.24) is 4.90 Å². The van der Waals surface area contributed by atoms with Crippen LogP contribution in [0.2, 0.25) is 0 Å². The molecule has 1 amide bonds. The third-order valence-corrected chi connectivity index (χ3v) is 3.51. The fourth-order valence-electron chi connectivity index (χ4n) is 1.50. The monoisotopic (exact) mass is 260 g/mol. The van der Waals surface area contributed by atoms with Crippen LogP contribution in [0, 0.1) is 11.3 Å². The summed E-state index contributed by atoms with van der Waals surface area (Å²) in [5, 5.41) is 8.93. The van der Waals surface area contributed by atoms with E-state index in [1.165, 1.54) is 0 Å². The minimum atomic E-state index is -0.199. The van der Waals surface area contributed by atoms with Gasteiger partial charge in [0.15, 0.2) is 6.61 Å². The van der Waals surface area contributed by atoms with E-state index in [-0.39, 0.29) is 18.1 Å². The first-order valence-corrected chi connectivity index (χ1v) is 6.31. The third-order valence-electron chi connectivity index (χ3n) is 3.51. The van der Waals surface area contributed by atoms with Gasteiger partial charge in [-0.25, -0.2) is 0 Å². The van der Waals surface area contributed by atoms with Crippen molar-refractivity contribution in [3.63, 3.8) is 0 Å². The number of hydrogen-bond donors (Lipinski definition) is 0. The zero-order valence-corrected chi connectivity index (χ0v) is 11.9. The summed E-state index contributed by atoms with van der Waals surface area (Å²) in [5.41, 5.74) is 0.238. The number of para-hydroxylation sites is 1. The van der Waals surface area contributed by atoms with E-state index in [2.05, 4.69) is 0 Å². The number of nitriles is 1. The van der Waals surface area contributed by atoms with E-state index in [0.29, 0.717) is 11.3 Å². The number of benzene rings is 1. The molecule has 0 aliphatic heterocycles. The highest BCUT2D eigenvalue weighted by Crippen LogP contribution is 2.19. The maximum atomic E-state index is 12.0. The standard InChI is InChI=1S/C15H20N2O2/c1-5-15(2,3)17(4)14(18)11-19-13-9-7-6-8-12(13)10-16/h6-9H,5,11H2,1-4H3. The Labute approximate surface area is 114 Å². The van der Waals surface area contributed by atoms with Crippen molar-refractivity contribution in [2.45, 2.75) is 32.7 Å². The predicted octanol–water partition coefficient (Wildman–Crippen LogP) is 2.58. The highest BCUT2D eigenvalue weighted by atomic mass is 16.5. The molecular weight excluding hydrogens is 240 g/mol. The second kappa shape index (κ2) is 6.24. The van der Waals surface area contributed by atoms with Crippen LogP contribution in [0.3, 0.4) is 0 Å². The summed E-state index contributed by atoms with van der Waals surface area (Å²) < 4.78 is 5.44. The summed E-state index contributed by atoms with van der Waals surface area (Å²) in [7, 11) is 1.77. The lowest BCUT2D eigenvalue weighted by molar-refractivity contribution is -0.136. The molecule has 0 fully saturated rings. The second-order valence-electron chi connectivity index (χ2n) is 5.02. The number of ether oxygens (including phenoxy) is 1. The molecule has 102 valence electrons. The van der Waals surface area contributed by atoms with Crippen molar-refractivity contribution in [3.05, 3.63) is 29.8 Å². The van der Waals surface area contributed by atoms with Gasteiger partial charge in [-0.15, -0.1) is 0 Å². The topological polar surface area (TPSA) is 53.3 Å². The Morgan fingerprint density at radius 3 is 2.63 bits per heavy atom. The first kappa shape index (κ1) is 15.0. The fraction of sp³-hybridized carbons (Fsp3) is 0.467. The van der Waals surface area contributed by atoms with Crippen molar-refractivity contribution in [3.8, 4) is 11.8 Å². The van der Waals surface area contributed by atoms with E-state index in [1.54, 1.807) is 36.2 Å². The van der Waals surface area contributed by atoms with Gasteiger partial charge in [-0.2, -0.15) is 5.26 Å². The average molecular weight is 260 g/mol. The number of carbonyl (C=O) groups excluding carboxylic acids is 1. The fourth-order valence-corrected chi connectivity index (χ4v) is 1.50. The van der Waals surface area contributed by atoms with Crippen LogP contribution >= 0.6 is 0 Å². The molecule has 0 heterocycles. The van der Waals surface area contributed by atoms with Gasteiger partial charge in [-0.3, -0.25) is 4.79 Å². The molecule has 0 radical (unpaired) electrons.